The smallest absolute Gasteiger partial charge is 0.213 e. The summed E-state index contributed by atoms with van der Waals surface area (Å²) in [6.45, 7) is 7.16. The maximum Gasteiger partial charge on any atom is 0.213 e. The van der Waals surface area contributed by atoms with Crippen molar-refractivity contribution in [2.24, 2.45) is 5.92 Å². The van der Waals surface area contributed by atoms with Crippen molar-refractivity contribution in [2.45, 2.75) is 40.2 Å². The van der Waals surface area contributed by atoms with Gasteiger partial charge in [0.15, 0.2) is 0 Å². The van der Waals surface area contributed by atoms with Crippen LogP contribution >= 0.6 is 0 Å². The third-order valence-electron chi connectivity index (χ3n) is 3.12. The SMILES string of the molecule is CCCn1nc(-c2ccccc2)c(CC(C)C)c1O. The Labute approximate surface area is 114 Å². The molecule has 2 aromatic rings. The first kappa shape index (κ1) is 13.7. The number of hydrogen-bond acceptors (Lipinski definition) is 2. The molecule has 1 aromatic heterocycles. The van der Waals surface area contributed by atoms with Gasteiger partial charge in [-0.25, -0.2) is 4.68 Å². The minimum Gasteiger partial charge on any atom is -0.493 e. The Kier molecular flexibility index (Phi) is 4.25. The molecule has 3 heteroatoms. The van der Waals surface area contributed by atoms with E-state index in [1.807, 2.05) is 30.3 Å². The molecule has 19 heavy (non-hydrogen) atoms. The second-order valence-electron chi connectivity index (χ2n) is 5.34. The highest BCUT2D eigenvalue weighted by atomic mass is 16.3. The number of nitrogens with zero attached hydrogens (tertiary/aromatic N) is 2. The monoisotopic (exact) mass is 258 g/mol. The van der Waals surface area contributed by atoms with Gasteiger partial charge in [0.2, 0.25) is 5.88 Å². The minimum absolute atomic E-state index is 0.328. The normalized spacial score (nSPS) is 11.2. The van der Waals surface area contributed by atoms with E-state index in [4.69, 9.17) is 0 Å². The van der Waals surface area contributed by atoms with Gasteiger partial charge in [-0.1, -0.05) is 51.1 Å². The molecular formula is C16H22N2O. The molecule has 0 radical (unpaired) electrons. The molecule has 0 aliphatic rings. The molecule has 102 valence electrons. The van der Waals surface area contributed by atoms with Crippen LogP contribution < -0.4 is 0 Å². The van der Waals surface area contributed by atoms with Crippen molar-refractivity contribution in [3.63, 3.8) is 0 Å². The average molecular weight is 258 g/mol. The van der Waals surface area contributed by atoms with Crippen LogP contribution in [0.5, 0.6) is 5.88 Å². The second kappa shape index (κ2) is 5.91. The van der Waals surface area contributed by atoms with Crippen molar-refractivity contribution >= 4 is 0 Å². The molecular weight excluding hydrogens is 236 g/mol. The van der Waals surface area contributed by atoms with Crippen LogP contribution in [-0.4, -0.2) is 14.9 Å². The van der Waals surface area contributed by atoms with Gasteiger partial charge >= 0.3 is 0 Å². The summed E-state index contributed by atoms with van der Waals surface area (Å²) in [5, 5.41) is 14.9. The Bertz CT molecular complexity index is 529. The number of rotatable bonds is 5. The predicted molar refractivity (Wildman–Crippen MR) is 78.2 cm³/mol. The lowest BCUT2D eigenvalue weighted by Crippen LogP contribution is -1.98. The van der Waals surface area contributed by atoms with E-state index in [0.717, 1.165) is 36.2 Å². The maximum absolute atomic E-state index is 10.4. The van der Waals surface area contributed by atoms with Crippen LogP contribution in [0.2, 0.25) is 0 Å². The number of benzene rings is 1. The largest absolute Gasteiger partial charge is 0.493 e. The highest BCUT2D eigenvalue weighted by Gasteiger charge is 2.18. The molecule has 3 nitrogen and oxygen atoms in total. The summed E-state index contributed by atoms with van der Waals surface area (Å²) in [6.07, 6.45) is 1.81. The molecule has 0 aliphatic carbocycles. The van der Waals surface area contributed by atoms with Crippen LogP contribution in [0.3, 0.4) is 0 Å². The molecule has 0 bridgehead atoms. The van der Waals surface area contributed by atoms with Gasteiger partial charge in [0.05, 0.1) is 5.69 Å². The number of hydrogen-bond donors (Lipinski definition) is 1. The lowest BCUT2D eigenvalue weighted by atomic mass is 9.99. The van der Waals surface area contributed by atoms with Crippen molar-refractivity contribution < 1.29 is 5.11 Å². The quantitative estimate of drug-likeness (QED) is 0.884. The Morgan fingerprint density at radius 1 is 1.21 bits per heavy atom. The lowest BCUT2D eigenvalue weighted by molar-refractivity contribution is 0.390. The molecule has 1 heterocycles. The summed E-state index contributed by atoms with van der Waals surface area (Å²) in [5.74, 6) is 0.821. The van der Waals surface area contributed by atoms with Crippen molar-refractivity contribution in [2.75, 3.05) is 0 Å². The van der Waals surface area contributed by atoms with Gasteiger partial charge in [-0.15, -0.1) is 0 Å². The van der Waals surface area contributed by atoms with Gasteiger partial charge in [-0.05, 0) is 18.8 Å². The zero-order valence-corrected chi connectivity index (χ0v) is 11.9. The van der Waals surface area contributed by atoms with Crippen LogP contribution in [0.25, 0.3) is 11.3 Å². The van der Waals surface area contributed by atoms with E-state index >= 15 is 0 Å². The third-order valence-corrected chi connectivity index (χ3v) is 3.12. The highest BCUT2D eigenvalue weighted by Crippen LogP contribution is 2.31. The summed E-state index contributed by atoms with van der Waals surface area (Å²) in [6, 6.07) is 10.1. The summed E-state index contributed by atoms with van der Waals surface area (Å²) in [4.78, 5) is 0. The fraction of sp³-hybridized carbons (Fsp3) is 0.438. The standard InChI is InChI=1S/C16H22N2O/c1-4-10-18-16(19)14(11-12(2)3)15(17-18)13-8-6-5-7-9-13/h5-9,12,19H,4,10-11H2,1-3H3. The molecule has 0 saturated carbocycles. The molecule has 1 aromatic carbocycles. The van der Waals surface area contributed by atoms with E-state index in [9.17, 15) is 5.11 Å². The fourth-order valence-electron chi connectivity index (χ4n) is 2.28. The first-order valence-electron chi connectivity index (χ1n) is 6.97. The third kappa shape index (κ3) is 2.98. The molecule has 0 aliphatic heterocycles. The highest BCUT2D eigenvalue weighted by molar-refractivity contribution is 5.65. The van der Waals surface area contributed by atoms with Crippen LogP contribution in [0.1, 0.15) is 32.8 Å². The van der Waals surface area contributed by atoms with E-state index in [0.29, 0.717) is 11.8 Å². The molecule has 0 unspecified atom stereocenters. The van der Waals surface area contributed by atoms with Crippen LogP contribution in [0.15, 0.2) is 30.3 Å². The van der Waals surface area contributed by atoms with Crippen molar-refractivity contribution in [1.29, 1.82) is 0 Å². The molecule has 1 N–H and O–H groups in total. The molecule has 2 rings (SSSR count). The minimum atomic E-state index is 0.328. The van der Waals surface area contributed by atoms with E-state index in [-0.39, 0.29) is 0 Å². The maximum atomic E-state index is 10.4. The van der Waals surface area contributed by atoms with E-state index in [1.165, 1.54) is 0 Å². The molecule has 0 amide bonds. The van der Waals surface area contributed by atoms with E-state index in [1.54, 1.807) is 4.68 Å². The van der Waals surface area contributed by atoms with E-state index in [2.05, 4.69) is 25.9 Å². The first-order chi connectivity index (χ1) is 9.13. The van der Waals surface area contributed by atoms with Crippen molar-refractivity contribution in [1.82, 2.24) is 9.78 Å². The summed E-state index contributed by atoms with van der Waals surface area (Å²) < 4.78 is 1.72. The van der Waals surface area contributed by atoms with Crippen LogP contribution in [0.4, 0.5) is 0 Å². The second-order valence-corrected chi connectivity index (χ2v) is 5.34. The Balaban J connectivity index is 2.49. The van der Waals surface area contributed by atoms with Gasteiger partial charge in [0.1, 0.15) is 0 Å². The molecule has 0 saturated heterocycles. The molecule has 0 spiro atoms. The summed E-state index contributed by atoms with van der Waals surface area (Å²) in [7, 11) is 0. The lowest BCUT2D eigenvalue weighted by Gasteiger charge is -2.06. The Hall–Kier alpha value is -1.77. The van der Waals surface area contributed by atoms with Gasteiger partial charge < -0.3 is 5.11 Å². The van der Waals surface area contributed by atoms with Crippen molar-refractivity contribution in [3.8, 4) is 17.1 Å². The predicted octanol–water partition coefficient (Wildman–Crippen LogP) is 3.86. The van der Waals surface area contributed by atoms with Gasteiger partial charge in [0, 0.05) is 17.7 Å². The average Bonchev–Trinajstić information content (AvgIpc) is 2.69. The molecule has 0 fully saturated rings. The summed E-state index contributed by atoms with van der Waals surface area (Å²) >= 11 is 0. The topological polar surface area (TPSA) is 38.0 Å². The molecule has 0 atom stereocenters. The first-order valence-corrected chi connectivity index (χ1v) is 6.97. The Morgan fingerprint density at radius 2 is 1.89 bits per heavy atom. The summed E-state index contributed by atoms with van der Waals surface area (Å²) in [5.41, 5.74) is 2.96. The fourth-order valence-corrected chi connectivity index (χ4v) is 2.28. The van der Waals surface area contributed by atoms with Crippen molar-refractivity contribution in [3.05, 3.63) is 35.9 Å². The number of aryl methyl sites for hydroxylation is 1. The van der Waals surface area contributed by atoms with Gasteiger partial charge in [-0.2, -0.15) is 5.10 Å². The number of aromatic nitrogens is 2. The van der Waals surface area contributed by atoms with Crippen LogP contribution in [-0.2, 0) is 13.0 Å². The zero-order chi connectivity index (χ0) is 13.8. The van der Waals surface area contributed by atoms with Gasteiger partial charge in [0.25, 0.3) is 0 Å². The Morgan fingerprint density at radius 3 is 2.47 bits per heavy atom. The zero-order valence-electron chi connectivity index (χ0n) is 11.9. The number of aromatic hydroxyl groups is 1. The van der Waals surface area contributed by atoms with E-state index < -0.39 is 0 Å². The van der Waals surface area contributed by atoms with Gasteiger partial charge in [-0.3, -0.25) is 0 Å². The van der Waals surface area contributed by atoms with Crippen LogP contribution in [0, 0.1) is 5.92 Å².